The monoisotopic (exact) mass is 312 g/mol. The molecule has 0 saturated carbocycles. The molecule has 2 heteroatoms. The van der Waals surface area contributed by atoms with Crippen LogP contribution in [0, 0.1) is 5.92 Å². The van der Waals surface area contributed by atoms with Crippen molar-refractivity contribution in [3.63, 3.8) is 0 Å². The van der Waals surface area contributed by atoms with Gasteiger partial charge in [0.2, 0.25) is 0 Å². The summed E-state index contributed by atoms with van der Waals surface area (Å²) in [6.07, 6.45) is 19.5. The number of unbranched alkanes of at least 4 members (excludes halogenated alkanes) is 10. The van der Waals surface area contributed by atoms with Gasteiger partial charge in [-0.05, 0) is 12.3 Å². The summed E-state index contributed by atoms with van der Waals surface area (Å²) in [6.45, 7) is 4.63. The maximum atomic E-state index is 11.0. The van der Waals surface area contributed by atoms with E-state index in [4.69, 9.17) is 0 Å². The Kier molecular flexibility index (Phi) is 16.4. The first-order valence-electron chi connectivity index (χ1n) is 9.77. The predicted molar refractivity (Wildman–Crippen MR) is 96.1 cm³/mol. The average molecular weight is 313 g/mol. The van der Waals surface area contributed by atoms with Crippen LogP contribution in [0.1, 0.15) is 110 Å². The van der Waals surface area contributed by atoms with E-state index in [1.807, 2.05) is 0 Å². The molecule has 0 aromatic heterocycles. The van der Waals surface area contributed by atoms with Crippen LogP contribution in [0.5, 0.6) is 0 Å². The minimum absolute atomic E-state index is 0.0673. The van der Waals surface area contributed by atoms with Crippen molar-refractivity contribution >= 4 is 5.97 Å². The standard InChI is InChI=1S/C20H40O2/c1-4-5-6-7-8-9-10-11-12-13-16-19(2)17-14-15-18-20(21)22-3/h19H,4-18H2,1-3H3. The average Bonchev–Trinajstić information content (AvgIpc) is 2.53. The molecule has 0 spiro atoms. The summed E-state index contributed by atoms with van der Waals surface area (Å²) < 4.78 is 4.66. The lowest BCUT2D eigenvalue weighted by atomic mass is 9.96. The van der Waals surface area contributed by atoms with E-state index in [1.54, 1.807) is 0 Å². The molecule has 0 fully saturated rings. The van der Waals surface area contributed by atoms with E-state index in [1.165, 1.54) is 84.2 Å². The van der Waals surface area contributed by atoms with Crippen molar-refractivity contribution in [1.29, 1.82) is 0 Å². The fraction of sp³-hybridized carbons (Fsp3) is 0.950. The van der Waals surface area contributed by atoms with Gasteiger partial charge in [-0.3, -0.25) is 4.79 Å². The zero-order chi connectivity index (χ0) is 16.5. The Balaban J connectivity index is 3.18. The Morgan fingerprint density at radius 1 is 0.773 bits per heavy atom. The van der Waals surface area contributed by atoms with E-state index in [2.05, 4.69) is 18.6 Å². The zero-order valence-electron chi connectivity index (χ0n) is 15.5. The van der Waals surface area contributed by atoms with Crippen LogP contribution < -0.4 is 0 Å². The molecule has 0 aromatic rings. The molecule has 0 aliphatic carbocycles. The summed E-state index contributed by atoms with van der Waals surface area (Å²) in [5.74, 6) is 0.744. The van der Waals surface area contributed by atoms with Gasteiger partial charge in [0, 0.05) is 6.42 Å². The first-order chi connectivity index (χ1) is 10.7. The van der Waals surface area contributed by atoms with Crippen LogP contribution in [-0.4, -0.2) is 13.1 Å². The molecule has 22 heavy (non-hydrogen) atoms. The topological polar surface area (TPSA) is 26.3 Å². The van der Waals surface area contributed by atoms with Gasteiger partial charge in [0.05, 0.1) is 7.11 Å². The van der Waals surface area contributed by atoms with Crippen molar-refractivity contribution < 1.29 is 9.53 Å². The second kappa shape index (κ2) is 16.8. The van der Waals surface area contributed by atoms with Gasteiger partial charge in [-0.1, -0.05) is 97.3 Å². The van der Waals surface area contributed by atoms with E-state index in [9.17, 15) is 4.79 Å². The highest BCUT2D eigenvalue weighted by Gasteiger charge is 2.04. The number of methoxy groups -OCH3 is 1. The quantitative estimate of drug-likeness (QED) is 0.235. The second-order valence-corrected chi connectivity index (χ2v) is 6.90. The van der Waals surface area contributed by atoms with E-state index < -0.39 is 0 Å². The predicted octanol–water partition coefficient (Wildman–Crippen LogP) is 6.67. The van der Waals surface area contributed by atoms with Crippen molar-refractivity contribution in [3.05, 3.63) is 0 Å². The molecule has 0 aliphatic heterocycles. The summed E-state index contributed by atoms with van der Waals surface area (Å²) >= 11 is 0. The highest BCUT2D eigenvalue weighted by molar-refractivity contribution is 5.68. The fourth-order valence-corrected chi connectivity index (χ4v) is 2.99. The van der Waals surface area contributed by atoms with Crippen molar-refractivity contribution in [2.45, 2.75) is 110 Å². The Bertz CT molecular complexity index is 238. The Labute approximate surface area is 139 Å². The normalized spacial score (nSPS) is 12.3. The molecule has 132 valence electrons. The lowest BCUT2D eigenvalue weighted by molar-refractivity contribution is -0.140. The van der Waals surface area contributed by atoms with Crippen LogP contribution in [0.15, 0.2) is 0 Å². The third-order valence-electron chi connectivity index (χ3n) is 4.61. The third kappa shape index (κ3) is 15.9. The zero-order valence-corrected chi connectivity index (χ0v) is 15.5. The van der Waals surface area contributed by atoms with Gasteiger partial charge >= 0.3 is 5.97 Å². The minimum atomic E-state index is -0.0673. The molecule has 0 bridgehead atoms. The number of hydrogen-bond acceptors (Lipinski definition) is 2. The molecule has 0 aromatic carbocycles. The smallest absolute Gasteiger partial charge is 0.305 e. The number of rotatable bonds is 16. The fourth-order valence-electron chi connectivity index (χ4n) is 2.99. The van der Waals surface area contributed by atoms with E-state index in [-0.39, 0.29) is 5.97 Å². The highest BCUT2D eigenvalue weighted by Crippen LogP contribution is 2.18. The van der Waals surface area contributed by atoms with Crippen molar-refractivity contribution in [2.75, 3.05) is 7.11 Å². The van der Waals surface area contributed by atoms with E-state index in [0.29, 0.717) is 6.42 Å². The van der Waals surface area contributed by atoms with Crippen LogP contribution >= 0.6 is 0 Å². The molecule has 2 nitrogen and oxygen atoms in total. The van der Waals surface area contributed by atoms with Gasteiger partial charge < -0.3 is 4.74 Å². The van der Waals surface area contributed by atoms with Crippen molar-refractivity contribution in [3.8, 4) is 0 Å². The molecule has 0 radical (unpaired) electrons. The Hall–Kier alpha value is -0.530. The third-order valence-corrected chi connectivity index (χ3v) is 4.61. The lowest BCUT2D eigenvalue weighted by Crippen LogP contribution is -2.00. The number of hydrogen-bond donors (Lipinski definition) is 0. The van der Waals surface area contributed by atoms with Crippen molar-refractivity contribution in [2.24, 2.45) is 5.92 Å². The molecular weight excluding hydrogens is 272 g/mol. The van der Waals surface area contributed by atoms with Gasteiger partial charge in [0.15, 0.2) is 0 Å². The summed E-state index contributed by atoms with van der Waals surface area (Å²) in [4.78, 5) is 11.0. The van der Waals surface area contributed by atoms with Gasteiger partial charge in [0.1, 0.15) is 0 Å². The SMILES string of the molecule is CCCCCCCCCCCCC(C)CCCCC(=O)OC. The summed E-state index contributed by atoms with van der Waals surface area (Å²) in [5.41, 5.74) is 0. The molecular formula is C20H40O2. The van der Waals surface area contributed by atoms with Crippen LogP contribution in [0.3, 0.4) is 0 Å². The summed E-state index contributed by atoms with van der Waals surface area (Å²) in [7, 11) is 1.47. The Morgan fingerprint density at radius 3 is 1.73 bits per heavy atom. The number of carbonyl (C=O) groups excluding carboxylic acids is 1. The molecule has 0 saturated heterocycles. The maximum absolute atomic E-state index is 11.0. The molecule has 1 unspecified atom stereocenters. The molecule has 0 N–H and O–H groups in total. The van der Waals surface area contributed by atoms with Gasteiger partial charge in [-0.15, -0.1) is 0 Å². The van der Waals surface area contributed by atoms with Crippen molar-refractivity contribution in [1.82, 2.24) is 0 Å². The van der Waals surface area contributed by atoms with E-state index in [0.717, 1.165) is 18.8 Å². The van der Waals surface area contributed by atoms with Gasteiger partial charge in [0.25, 0.3) is 0 Å². The van der Waals surface area contributed by atoms with Gasteiger partial charge in [-0.25, -0.2) is 0 Å². The van der Waals surface area contributed by atoms with E-state index >= 15 is 0 Å². The van der Waals surface area contributed by atoms with Gasteiger partial charge in [-0.2, -0.15) is 0 Å². The summed E-state index contributed by atoms with van der Waals surface area (Å²) in [5, 5.41) is 0. The van der Waals surface area contributed by atoms with Crippen LogP contribution in [-0.2, 0) is 9.53 Å². The maximum Gasteiger partial charge on any atom is 0.305 e. The Morgan fingerprint density at radius 2 is 1.23 bits per heavy atom. The number of esters is 1. The van der Waals surface area contributed by atoms with Crippen LogP contribution in [0.2, 0.25) is 0 Å². The molecule has 0 heterocycles. The van der Waals surface area contributed by atoms with Crippen LogP contribution in [0.4, 0.5) is 0 Å². The largest absolute Gasteiger partial charge is 0.469 e. The molecule has 1 atom stereocenters. The summed E-state index contributed by atoms with van der Waals surface area (Å²) in [6, 6.07) is 0. The highest BCUT2D eigenvalue weighted by atomic mass is 16.5. The molecule has 0 rings (SSSR count). The first kappa shape index (κ1) is 21.5. The lowest BCUT2D eigenvalue weighted by Gasteiger charge is -2.10. The number of ether oxygens (including phenoxy) is 1. The molecule has 0 aliphatic rings. The first-order valence-corrected chi connectivity index (χ1v) is 9.77. The number of carbonyl (C=O) groups is 1. The minimum Gasteiger partial charge on any atom is -0.469 e. The van der Waals surface area contributed by atoms with Crippen LogP contribution in [0.25, 0.3) is 0 Å². The molecule has 0 amide bonds. The second-order valence-electron chi connectivity index (χ2n) is 6.90.